The number of nitrogens with one attached hydrogen (secondary N) is 2. The first-order chi connectivity index (χ1) is 7.36. The number of methoxy groups -OCH3 is 1. The molecule has 0 aliphatic carbocycles. The van der Waals surface area contributed by atoms with E-state index in [1.54, 1.807) is 14.2 Å². The number of nitrogens with zero attached hydrogens (tertiary/aromatic N) is 1. The molecule has 0 fully saturated rings. The van der Waals surface area contributed by atoms with Gasteiger partial charge in [0.05, 0.1) is 6.61 Å². The van der Waals surface area contributed by atoms with Crippen molar-refractivity contribution in [3.05, 3.63) is 30.3 Å². The van der Waals surface area contributed by atoms with Crippen molar-refractivity contribution in [1.29, 1.82) is 0 Å². The Bertz CT molecular complexity index is 303. The summed E-state index contributed by atoms with van der Waals surface area (Å²) in [6, 6.07) is 9.91. The van der Waals surface area contributed by atoms with Gasteiger partial charge in [-0.05, 0) is 12.1 Å². The predicted molar refractivity (Wildman–Crippen MR) is 78.7 cm³/mol. The normalized spacial score (nSPS) is 10.5. The Morgan fingerprint density at radius 3 is 2.56 bits per heavy atom. The maximum absolute atomic E-state index is 4.94. The van der Waals surface area contributed by atoms with Gasteiger partial charge in [0.25, 0.3) is 0 Å². The molecule has 5 heteroatoms. The summed E-state index contributed by atoms with van der Waals surface area (Å²) in [4.78, 5) is 4.09. The molecule has 0 aliphatic heterocycles. The SMILES string of the molecule is CN=C(NCCOC)Nc1ccccc1.I. The molecule has 0 aliphatic rings. The molecule has 1 rings (SSSR count). The van der Waals surface area contributed by atoms with Crippen LogP contribution in [0.3, 0.4) is 0 Å². The monoisotopic (exact) mass is 335 g/mol. The minimum atomic E-state index is 0. The highest BCUT2D eigenvalue weighted by atomic mass is 127. The number of aliphatic imine (C=N–C) groups is 1. The van der Waals surface area contributed by atoms with Crippen molar-refractivity contribution in [1.82, 2.24) is 5.32 Å². The van der Waals surface area contributed by atoms with Crippen LogP contribution in [0.5, 0.6) is 0 Å². The fraction of sp³-hybridized carbons (Fsp3) is 0.364. The number of guanidine groups is 1. The summed E-state index contributed by atoms with van der Waals surface area (Å²) in [5.41, 5.74) is 1.02. The van der Waals surface area contributed by atoms with Crippen molar-refractivity contribution in [3.63, 3.8) is 0 Å². The molecule has 0 aromatic heterocycles. The van der Waals surface area contributed by atoms with E-state index in [1.807, 2.05) is 30.3 Å². The van der Waals surface area contributed by atoms with Crippen LogP contribution in [0.15, 0.2) is 35.3 Å². The first-order valence-corrected chi connectivity index (χ1v) is 4.88. The fourth-order valence-corrected chi connectivity index (χ4v) is 1.11. The molecule has 0 amide bonds. The molecule has 0 atom stereocenters. The first kappa shape index (κ1) is 15.2. The lowest BCUT2D eigenvalue weighted by Gasteiger charge is -2.10. The first-order valence-electron chi connectivity index (χ1n) is 4.88. The molecule has 4 nitrogen and oxygen atoms in total. The van der Waals surface area contributed by atoms with Crippen LogP contribution >= 0.6 is 24.0 Å². The molecule has 1 aromatic rings. The lowest BCUT2D eigenvalue weighted by atomic mass is 10.3. The van der Waals surface area contributed by atoms with Gasteiger partial charge >= 0.3 is 0 Å². The third-order valence-electron chi connectivity index (χ3n) is 1.86. The zero-order valence-corrected chi connectivity index (χ0v) is 11.9. The average Bonchev–Trinajstić information content (AvgIpc) is 2.29. The van der Waals surface area contributed by atoms with Crippen molar-refractivity contribution in [2.45, 2.75) is 0 Å². The topological polar surface area (TPSA) is 45.7 Å². The van der Waals surface area contributed by atoms with E-state index in [-0.39, 0.29) is 24.0 Å². The summed E-state index contributed by atoms with van der Waals surface area (Å²) in [5.74, 6) is 0.748. The van der Waals surface area contributed by atoms with Crippen LogP contribution in [0.1, 0.15) is 0 Å². The van der Waals surface area contributed by atoms with Gasteiger partial charge < -0.3 is 15.4 Å². The number of hydrogen-bond acceptors (Lipinski definition) is 2. The predicted octanol–water partition coefficient (Wildman–Crippen LogP) is 1.94. The van der Waals surface area contributed by atoms with Crippen LogP contribution in [0.25, 0.3) is 0 Å². The van der Waals surface area contributed by atoms with Crippen molar-refractivity contribution in [2.75, 3.05) is 32.6 Å². The van der Waals surface area contributed by atoms with Gasteiger partial charge in [0, 0.05) is 26.4 Å². The molecule has 16 heavy (non-hydrogen) atoms. The average molecular weight is 335 g/mol. The van der Waals surface area contributed by atoms with Crippen molar-refractivity contribution >= 4 is 35.6 Å². The number of halogens is 1. The van der Waals surface area contributed by atoms with Crippen LogP contribution in [-0.4, -0.2) is 33.3 Å². The second kappa shape index (κ2) is 9.41. The number of para-hydroxylation sites is 1. The Morgan fingerprint density at radius 1 is 1.31 bits per heavy atom. The van der Waals surface area contributed by atoms with Gasteiger partial charge in [0.2, 0.25) is 0 Å². The molecule has 0 spiro atoms. The van der Waals surface area contributed by atoms with E-state index in [4.69, 9.17) is 4.74 Å². The van der Waals surface area contributed by atoms with Gasteiger partial charge in [-0.3, -0.25) is 4.99 Å². The summed E-state index contributed by atoms with van der Waals surface area (Å²) in [7, 11) is 3.42. The van der Waals surface area contributed by atoms with Gasteiger partial charge in [0.15, 0.2) is 5.96 Å². The minimum Gasteiger partial charge on any atom is -0.383 e. The number of hydrogen-bond donors (Lipinski definition) is 2. The number of rotatable bonds is 4. The van der Waals surface area contributed by atoms with Crippen molar-refractivity contribution in [2.24, 2.45) is 4.99 Å². The van der Waals surface area contributed by atoms with E-state index in [9.17, 15) is 0 Å². The summed E-state index contributed by atoms with van der Waals surface area (Å²) >= 11 is 0. The second-order valence-electron chi connectivity index (χ2n) is 2.98. The summed E-state index contributed by atoms with van der Waals surface area (Å²) in [5, 5.41) is 6.30. The Hall–Kier alpha value is -0.820. The maximum atomic E-state index is 4.94. The fourth-order valence-electron chi connectivity index (χ4n) is 1.11. The quantitative estimate of drug-likeness (QED) is 0.383. The Balaban J connectivity index is 0.00000225. The molecular formula is C11H18IN3O. The lowest BCUT2D eigenvalue weighted by Crippen LogP contribution is -2.33. The lowest BCUT2D eigenvalue weighted by molar-refractivity contribution is 0.204. The van der Waals surface area contributed by atoms with Crippen LogP contribution in [-0.2, 0) is 4.74 Å². The smallest absolute Gasteiger partial charge is 0.195 e. The summed E-state index contributed by atoms with van der Waals surface area (Å²) < 4.78 is 4.94. The van der Waals surface area contributed by atoms with E-state index in [2.05, 4.69) is 15.6 Å². The summed E-state index contributed by atoms with van der Waals surface area (Å²) in [6.07, 6.45) is 0. The molecule has 0 bridgehead atoms. The molecule has 0 saturated carbocycles. The van der Waals surface area contributed by atoms with Crippen molar-refractivity contribution in [3.8, 4) is 0 Å². The van der Waals surface area contributed by atoms with E-state index >= 15 is 0 Å². The van der Waals surface area contributed by atoms with Crippen LogP contribution < -0.4 is 10.6 Å². The number of anilines is 1. The van der Waals surface area contributed by atoms with E-state index < -0.39 is 0 Å². The highest BCUT2D eigenvalue weighted by Crippen LogP contribution is 2.03. The largest absolute Gasteiger partial charge is 0.383 e. The standard InChI is InChI=1S/C11H17N3O.HI/c1-12-11(13-8-9-15-2)14-10-6-4-3-5-7-10;/h3-7H,8-9H2,1-2H3,(H2,12,13,14);1H. The van der Waals surface area contributed by atoms with Crippen LogP contribution in [0, 0.1) is 0 Å². The van der Waals surface area contributed by atoms with Gasteiger partial charge in [-0.1, -0.05) is 18.2 Å². The second-order valence-corrected chi connectivity index (χ2v) is 2.98. The van der Waals surface area contributed by atoms with Gasteiger partial charge in [-0.15, -0.1) is 24.0 Å². The molecule has 0 heterocycles. The molecule has 0 radical (unpaired) electrons. The highest BCUT2D eigenvalue weighted by Gasteiger charge is 1.96. The van der Waals surface area contributed by atoms with Crippen molar-refractivity contribution < 1.29 is 4.74 Å². The van der Waals surface area contributed by atoms with Gasteiger partial charge in [-0.2, -0.15) is 0 Å². The number of ether oxygens (including phenoxy) is 1. The Kier molecular flexibility index (Phi) is 8.93. The molecule has 2 N–H and O–H groups in total. The Labute approximate surface area is 114 Å². The molecule has 90 valence electrons. The molecular weight excluding hydrogens is 317 g/mol. The maximum Gasteiger partial charge on any atom is 0.195 e. The highest BCUT2D eigenvalue weighted by molar-refractivity contribution is 14.0. The van der Waals surface area contributed by atoms with E-state index in [0.717, 1.165) is 18.2 Å². The molecule has 1 aromatic carbocycles. The molecule has 0 saturated heterocycles. The summed E-state index contributed by atoms with van der Waals surface area (Å²) in [6.45, 7) is 1.40. The minimum absolute atomic E-state index is 0. The Morgan fingerprint density at radius 2 is 2.00 bits per heavy atom. The third-order valence-corrected chi connectivity index (χ3v) is 1.86. The van der Waals surface area contributed by atoms with Gasteiger partial charge in [0.1, 0.15) is 0 Å². The zero-order valence-electron chi connectivity index (χ0n) is 9.56. The zero-order chi connectivity index (χ0) is 10.9. The van der Waals surface area contributed by atoms with Gasteiger partial charge in [-0.25, -0.2) is 0 Å². The number of benzene rings is 1. The van der Waals surface area contributed by atoms with Crippen LogP contribution in [0.2, 0.25) is 0 Å². The van der Waals surface area contributed by atoms with E-state index in [0.29, 0.717) is 6.61 Å². The third kappa shape index (κ3) is 5.92. The van der Waals surface area contributed by atoms with E-state index in [1.165, 1.54) is 0 Å². The molecule has 0 unspecified atom stereocenters. The van der Waals surface area contributed by atoms with Crippen LogP contribution in [0.4, 0.5) is 5.69 Å².